The van der Waals surface area contributed by atoms with Gasteiger partial charge in [-0.3, -0.25) is 0 Å². The number of nitrogens with zero attached hydrogens (tertiary/aromatic N) is 2. The fourth-order valence-electron chi connectivity index (χ4n) is 4.47. The van der Waals surface area contributed by atoms with Crippen LogP contribution in [0.4, 0.5) is 23.1 Å². The van der Waals surface area contributed by atoms with E-state index in [0.29, 0.717) is 11.9 Å². The summed E-state index contributed by atoms with van der Waals surface area (Å²) in [5.74, 6) is 2.82. The molecule has 1 heterocycles. The zero-order chi connectivity index (χ0) is 21.8. The first-order chi connectivity index (χ1) is 15.8. The Labute approximate surface area is 188 Å². The minimum absolute atomic E-state index is 0.569. The van der Waals surface area contributed by atoms with Crippen molar-refractivity contribution in [3.63, 3.8) is 0 Å². The van der Waals surface area contributed by atoms with E-state index in [9.17, 15) is 0 Å². The summed E-state index contributed by atoms with van der Waals surface area (Å²) in [5.41, 5.74) is 4.23. The number of fused-ring (bicyclic) bond motifs is 1. The average Bonchev–Trinajstić information content (AvgIpc) is 2.85. The molecule has 1 aliphatic carbocycles. The molecule has 4 aromatic rings. The number of methoxy groups -OCH3 is 1. The van der Waals surface area contributed by atoms with Crippen LogP contribution >= 0.6 is 0 Å². The largest absolute Gasteiger partial charge is 0.497 e. The number of benzene rings is 3. The quantitative estimate of drug-likeness (QED) is 0.343. The van der Waals surface area contributed by atoms with Gasteiger partial charge in [0.25, 0.3) is 0 Å². The molecule has 1 fully saturated rings. The minimum Gasteiger partial charge on any atom is -0.497 e. The third-order valence-electron chi connectivity index (χ3n) is 6.18. The Bertz CT molecular complexity index is 1200. The van der Waals surface area contributed by atoms with Gasteiger partial charge in [0, 0.05) is 22.8 Å². The third kappa shape index (κ3) is 4.52. The third-order valence-corrected chi connectivity index (χ3v) is 6.18. The molecule has 0 aliphatic heterocycles. The van der Waals surface area contributed by atoms with Crippen molar-refractivity contribution in [2.75, 3.05) is 17.7 Å². The van der Waals surface area contributed by atoms with Crippen molar-refractivity contribution in [1.29, 1.82) is 0 Å². The monoisotopic (exact) mass is 424 g/mol. The van der Waals surface area contributed by atoms with Gasteiger partial charge in [-0.2, -0.15) is 4.98 Å². The van der Waals surface area contributed by atoms with Crippen molar-refractivity contribution in [1.82, 2.24) is 9.97 Å². The summed E-state index contributed by atoms with van der Waals surface area (Å²) >= 11 is 0. The van der Waals surface area contributed by atoms with Crippen molar-refractivity contribution >= 4 is 34.0 Å². The summed E-state index contributed by atoms with van der Waals surface area (Å²) in [7, 11) is 1.67. The van der Waals surface area contributed by atoms with Crippen LogP contribution in [0.1, 0.15) is 43.6 Å². The lowest BCUT2D eigenvalue weighted by Crippen LogP contribution is -2.05. The second kappa shape index (κ2) is 9.27. The molecule has 1 aromatic heterocycles. The van der Waals surface area contributed by atoms with E-state index in [4.69, 9.17) is 14.7 Å². The summed E-state index contributed by atoms with van der Waals surface area (Å²) in [6.07, 6.45) is 6.68. The maximum absolute atomic E-state index is 5.35. The van der Waals surface area contributed by atoms with Gasteiger partial charge in [0.1, 0.15) is 11.6 Å². The molecule has 0 radical (unpaired) electrons. The highest BCUT2D eigenvalue weighted by Crippen LogP contribution is 2.33. The fourth-order valence-corrected chi connectivity index (χ4v) is 4.47. The lowest BCUT2D eigenvalue weighted by Gasteiger charge is -2.22. The molecule has 0 atom stereocenters. The molecule has 0 amide bonds. The van der Waals surface area contributed by atoms with Gasteiger partial charge >= 0.3 is 0 Å². The van der Waals surface area contributed by atoms with E-state index in [1.807, 2.05) is 48.5 Å². The topological polar surface area (TPSA) is 59.1 Å². The number of hydrogen-bond acceptors (Lipinski definition) is 5. The highest BCUT2D eigenvalue weighted by molar-refractivity contribution is 5.92. The average molecular weight is 425 g/mol. The van der Waals surface area contributed by atoms with Gasteiger partial charge in [-0.1, -0.05) is 49.6 Å². The van der Waals surface area contributed by atoms with Crippen LogP contribution in [-0.2, 0) is 0 Å². The Morgan fingerprint density at radius 2 is 1.59 bits per heavy atom. The molecular weight excluding hydrogens is 396 g/mol. The highest BCUT2D eigenvalue weighted by atomic mass is 16.5. The number of para-hydroxylation sites is 1. The van der Waals surface area contributed by atoms with E-state index in [-0.39, 0.29) is 0 Å². The first-order valence-corrected chi connectivity index (χ1v) is 11.3. The molecule has 1 aliphatic rings. The van der Waals surface area contributed by atoms with Gasteiger partial charge in [0.15, 0.2) is 0 Å². The van der Waals surface area contributed by atoms with E-state index in [0.717, 1.165) is 33.8 Å². The second-order valence-electron chi connectivity index (χ2n) is 8.35. The zero-order valence-corrected chi connectivity index (χ0v) is 18.3. The van der Waals surface area contributed by atoms with Gasteiger partial charge in [-0.15, -0.1) is 0 Å². The zero-order valence-electron chi connectivity index (χ0n) is 18.3. The number of ether oxygens (including phenoxy) is 1. The summed E-state index contributed by atoms with van der Waals surface area (Å²) in [6.45, 7) is 0. The maximum atomic E-state index is 5.35. The molecule has 1 saturated carbocycles. The fraction of sp³-hybridized carbons (Fsp3) is 0.259. The van der Waals surface area contributed by atoms with Gasteiger partial charge < -0.3 is 15.4 Å². The van der Waals surface area contributed by atoms with Crippen molar-refractivity contribution in [2.24, 2.45) is 0 Å². The molecule has 32 heavy (non-hydrogen) atoms. The van der Waals surface area contributed by atoms with Crippen LogP contribution < -0.4 is 15.4 Å². The van der Waals surface area contributed by atoms with E-state index < -0.39 is 0 Å². The SMILES string of the molecule is COc1cccc(Nc2nc(Nc3ccc(C4CCCCC4)cc3)nc3ccccc23)c1. The van der Waals surface area contributed by atoms with Crippen LogP contribution in [0.3, 0.4) is 0 Å². The molecule has 3 aromatic carbocycles. The molecular formula is C27H28N4O. The van der Waals surface area contributed by atoms with E-state index in [2.05, 4.69) is 34.9 Å². The first-order valence-electron chi connectivity index (χ1n) is 11.3. The van der Waals surface area contributed by atoms with Crippen LogP contribution in [0.2, 0.25) is 0 Å². The molecule has 0 saturated heterocycles. The van der Waals surface area contributed by atoms with E-state index >= 15 is 0 Å². The Kier molecular flexibility index (Phi) is 5.88. The number of anilines is 4. The molecule has 162 valence electrons. The van der Waals surface area contributed by atoms with Crippen LogP contribution in [0.25, 0.3) is 10.9 Å². The van der Waals surface area contributed by atoms with Crippen LogP contribution in [0, 0.1) is 0 Å². The van der Waals surface area contributed by atoms with Crippen molar-refractivity contribution in [2.45, 2.75) is 38.0 Å². The molecule has 2 N–H and O–H groups in total. The summed E-state index contributed by atoms with van der Waals surface area (Å²) in [5, 5.41) is 7.78. The van der Waals surface area contributed by atoms with Crippen LogP contribution in [0.15, 0.2) is 72.8 Å². The number of nitrogens with one attached hydrogen (secondary N) is 2. The Balaban J connectivity index is 1.41. The lowest BCUT2D eigenvalue weighted by molar-refractivity contribution is 0.415. The summed E-state index contributed by atoms with van der Waals surface area (Å²) in [4.78, 5) is 9.52. The number of rotatable bonds is 6. The smallest absolute Gasteiger partial charge is 0.229 e. The minimum atomic E-state index is 0.569. The molecule has 0 bridgehead atoms. The molecule has 5 heteroatoms. The lowest BCUT2D eigenvalue weighted by atomic mass is 9.84. The van der Waals surface area contributed by atoms with Crippen molar-refractivity contribution in [3.8, 4) is 5.75 Å². The van der Waals surface area contributed by atoms with Gasteiger partial charge in [-0.05, 0) is 60.7 Å². The summed E-state index contributed by atoms with van der Waals surface area (Å²) < 4.78 is 5.35. The van der Waals surface area contributed by atoms with Crippen molar-refractivity contribution < 1.29 is 4.74 Å². The van der Waals surface area contributed by atoms with Crippen molar-refractivity contribution in [3.05, 3.63) is 78.4 Å². The predicted molar refractivity (Wildman–Crippen MR) is 131 cm³/mol. The Morgan fingerprint density at radius 1 is 0.781 bits per heavy atom. The molecule has 0 spiro atoms. The maximum Gasteiger partial charge on any atom is 0.229 e. The van der Waals surface area contributed by atoms with Crippen LogP contribution in [0.5, 0.6) is 5.75 Å². The Morgan fingerprint density at radius 3 is 2.41 bits per heavy atom. The normalized spacial score (nSPS) is 14.3. The second-order valence-corrected chi connectivity index (χ2v) is 8.35. The van der Waals surface area contributed by atoms with Gasteiger partial charge in [-0.25, -0.2) is 4.98 Å². The predicted octanol–water partition coefficient (Wildman–Crippen LogP) is 7.17. The molecule has 5 nitrogen and oxygen atoms in total. The van der Waals surface area contributed by atoms with Gasteiger partial charge in [0.2, 0.25) is 5.95 Å². The number of hydrogen-bond donors (Lipinski definition) is 2. The van der Waals surface area contributed by atoms with Gasteiger partial charge in [0.05, 0.1) is 12.6 Å². The molecule has 0 unspecified atom stereocenters. The van der Waals surface area contributed by atoms with E-state index in [1.165, 1.54) is 37.7 Å². The first kappa shape index (κ1) is 20.3. The number of aromatic nitrogens is 2. The molecule has 5 rings (SSSR count). The van der Waals surface area contributed by atoms with Crippen LogP contribution in [-0.4, -0.2) is 17.1 Å². The highest BCUT2D eigenvalue weighted by Gasteiger charge is 2.15. The summed E-state index contributed by atoms with van der Waals surface area (Å²) in [6, 6.07) is 24.6. The standard InChI is InChI=1S/C27H28N4O/c1-32-23-11-7-10-22(18-23)28-26-24-12-5-6-13-25(24)30-27(31-26)29-21-16-14-20(15-17-21)19-8-3-2-4-9-19/h5-7,10-19H,2-4,8-9H2,1H3,(H2,28,29,30,31). The van der Waals surface area contributed by atoms with E-state index in [1.54, 1.807) is 7.11 Å². The Hall–Kier alpha value is -3.60.